The summed E-state index contributed by atoms with van der Waals surface area (Å²) in [4.78, 5) is 29.6. The molecule has 1 N–H and O–H groups in total. The number of rotatable bonds is 8. The number of sulfonamides is 1. The molecule has 2 aromatic carbocycles. The Balaban J connectivity index is 1.77. The molecule has 1 aromatic heterocycles. The third kappa shape index (κ3) is 6.43. The minimum atomic E-state index is -4.41. The zero-order valence-corrected chi connectivity index (χ0v) is 23.3. The molecule has 39 heavy (non-hydrogen) atoms. The lowest BCUT2D eigenvalue weighted by Crippen LogP contribution is -2.34. The second kappa shape index (κ2) is 11.2. The van der Waals surface area contributed by atoms with Gasteiger partial charge in [0, 0.05) is 12.0 Å². The smallest absolute Gasteiger partial charge is 0.270 e. The Morgan fingerprint density at radius 3 is 2.41 bits per heavy atom. The fourth-order valence-corrected chi connectivity index (χ4v) is 5.38. The molecule has 0 atom stereocenters. The number of amides is 1. The average Bonchev–Trinajstić information content (AvgIpc) is 2.85. The minimum absolute atomic E-state index is 0.0192. The third-order valence-electron chi connectivity index (χ3n) is 5.89. The predicted molar refractivity (Wildman–Crippen MR) is 149 cm³/mol. The van der Waals surface area contributed by atoms with Crippen molar-refractivity contribution in [3.05, 3.63) is 93.9 Å². The summed E-state index contributed by atoms with van der Waals surface area (Å²) in [6.45, 7) is 9.58. The lowest BCUT2D eigenvalue weighted by Gasteiger charge is -2.17. The van der Waals surface area contributed by atoms with Gasteiger partial charge >= 0.3 is 0 Å². The van der Waals surface area contributed by atoms with Crippen molar-refractivity contribution in [3.63, 3.8) is 0 Å². The maximum Gasteiger partial charge on any atom is 0.270 e. The molecule has 4 rings (SSSR count). The van der Waals surface area contributed by atoms with Crippen molar-refractivity contribution >= 4 is 21.7 Å². The lowest BCUT2D eigenvalue weighted by molar-refractivity contribution is -0.114. The van der Waals surface area contributed by atoms with Crippen LogP contribution in [0.3, 0.4) is 0 Å². The average molecular weight is 547 g/mol. The second-order valence-electron chi connectivity index (χ2n) is 9.59. The minimum Gasteiger partial charge on any atom is -0.491 e. The van der Waals surface area contributed by atoms with Gasteiger partial charge in [0.25, 0.3) is 15.9 Å². The van der Waals surface area contributed by atoms with Crippen LogP contribution in [0.2, 0.25) is 0 Å². The van der Waals surface area contributed by atoms with E-state index in [9.17, 15) is 18.0 Å². The van der Waals surface area contributed by atoms with Gasteiger partial charge in [0.05, 0.1) is 11.8 Å². The van der Waals surface area contributed by atoms with E-state index >= 15 is 0 Å². The number of allylic oxidation sites excluding steroid dienone is 4. The molecular formula is C30H30N2O6S. The molecule has 0 saturated heterocycles. The summed E-state index contributed by atoms with van der Waals surface area (Å²) < 4.78 is 39.8. The monoisotopic (exact) mass is 546 g/mol. The van der Waals surface area contributed by atoms with Crippen LogP contribution in [0, 0.1) is 20.8 Å². The van der Waals surface area contributed by atoms with Crippen molar-refractivity contribution < 1.29 is 27.5 Å². The Bertz CT molecular complexity index is 1600. The molecule has 9 heteroatoms. The summed E-state index contributed by atoms with van der Waals surface area (Å²) >= 11 is 0. The molecular weight excluding hydrogens is 516 g/mol. The van der Waals surface area contributed by atoms with E-state index in [4.69, 9.17) is 9.47 Å². The Morgan fingerprint density at radius 1 is 1.03 bits per heavy atom. The van der Waals surface area contributed by atoms with Crippen molar-refractivity contribution in [2.24, 2.45) is 0 Å². The quantitative estimate of drug-likeness (QED) is 0.384. The van der Waals surface area contributed by atoms with Crippen LogP contribution in [0.25, 0.3) is 11.3 Å². The molecule has 1 aliphatic carbocycles. The summed E-state index contributed by atoms with van der Waals surface area (Å²) in [5.74, 6) is -0.475. The number of Topliss-reactive ketones (excluding diaryl/α,β-unsaturated/α-hetero) is 1. The van der Waals surface area contributed by atoms with E-state index < -0.39 is 26.6 Å². The largest absolute Gasteiger partial charge is 0.491 e. The number of hydrogen-bond donors (Lipinski definition) is 1. The first-order valence-electron chi connectivity index (χ1n) is 12.5. The normalized spacial score (nSPS) is 13.3. The van der Waals surface area contributed by atoms with Crippen LogP contribution in [0.5, 0.6) is 17.4 Å². The Hall–Kier alpha value is -4.24. The zero-order chi connectivity index (χ0) is 28.3. The molecule has 3 aromatic rings. The van der Waals surface area contributed by atoms with Crippen LogP contribution in [0.4, 0.5) is 0 Å². The van der Waals surface area contributed by atoms with Crippen molar-refractivity contribution in [2.45, 2.75) is 47.1 Å². The van der Waals surface area contributed by atoms with Crippen LogP contribution in [0.15, 0.2) is 71.7 Å². The number of aryl methyl sites for hydroxylation is 3. The van der Waals surface area contributed by atoms with E-state index in [1.807, 2.05) is 75.7 Å². The van der Waals surface area contributed by atoms with E-state index in [0.29, 0.717) is 17.2 Å². The zero-order valence-electron chi connectivity index (χ0n) is 22.4. The van der Waals surface area contributed by atoms with Crippen molar-refractivity contribution in [2.75, 3.05) is 0 Å². The van der Waals surface area contributed by atoms with Crippen molar-refractivity contribution in [1.82, 2.24) is 9.71 Å². The van der Waals surface area contributed by atoms with Gasteiger partial charge in [-0.05, 0) is 76.1 Å². The number of ether oxygens (including phenoxy) is 2. The Kier molecular flexibility index (Phi) is 8.01. The molecule has 0 saturated carbocycles. The van der Waals surface area contributed by atoms with Gasteiger partial charge in [0.2, 0.25) is 5.88 Å². The van der Waals surface area contributed by atoms with Crippen LogP contribution in [-0.4, -0.2) is 31.2 Å². The highest BCUT2D eigenvalue weighted by Crippen LogP contribution is 2.33. The van der Waals surface area contributed by atoms with Gasteiger partial charge in [-0.15, -0.1) is 0 Å². The third-order valence-corrected chi connectivity index (χ3v) is 7.29. The van der Waals surface area contributed by atoms with Crippen molar-refractivity contribution in [3.8, 4) is 28.6 Å². The summed E-state index contributed by atoms with van der Waals surface area (Å²) in [5, 5.41) is 0. The maximum absolute atomic E-state index is 13.3. The van der Waals surface area contributed by atoms with Gasteiger partial charge in [-0.1, -0.05) is 42.0 Å². The number of nitrogens with zero attached hydrogens (tertiary/aromatic N) is 1. The topological polar surface area (TPSA) is 112 Å². The molecule has 0 unspecified atom stereocenters. The highest BCUT2D eigenvalue weighted by molar-refractivity contribution is 7.95. The first-order valence-corrected chi connectivity index (χ1v) is 13.9. The van der Waals surface area contributed by atoms with Crippen LogP contribution >= 0.6 is 0 Å². The molecule has 1 amide bonds. The molecule has 1 heterocycles. The molecule has 0 spiro atoms. The highest BCUT2D eigenvalue weighted by Gasteiger charge is 2.29. The second-order valence-corrected chi connectivity index (χ2v) is 11.2. The number of nitrogens with one attached hydrogen (secondary N) is 1. The first kappa shape index (κ1) is 27.8. The van der Waals surface area contributed by atoms with E-state index in [1.165, 1.54) is 18.2 Å². The fraction of sp³-hybridized carbons (Fsp3) is 0.233. The van der Waals surface area contributed by atoms with E-state index in [0.717, 1.165) is 22.3 Å². The van der Waals surface area contributed by atoms with Gasteiger partial charge in [0.1, 0.15) is 22.0 Å². The van der Waals surface area contributed by atoms with E-state index in [-0.39, 0.29) is 24.0 Å². The maximum atomic E-state index is 13.3. The Labute approximate surface area is 228 Å². The molecule has 0 bridgehead atoms. The molecule has 1 aliphatic rings. The van der Waals surface area contributed by atoms with E-state index in [1.54, 1.807) is 12.1 Å². The summed E-state index contributed by atoms with van der Waals surface area (Å²) in [5.41, 5.74) is 3.82. The standard InChI is InChI=1S/C30H30N2O6S/c1-18(2)37-23-10-8-9-22(17-23)25-14-13-24(29(34)32-39(35,36)27-12-7-6-11-26(27)33)30(31-25)38-28-20(4)15-19(3)16-21(28)5/h6-10,12-18H,11H2,1-5H3,(H,32,34). The number of benzene rings is 2. The molecule has 202 valence electrons. The lowest BCUT2D eigenvalue weighted by atomic mass is 10.1. The van der Waals surface area contributed by atoms with Gasteiger partial charge < -0.3 is 9.47 Å². The van der Waals surface area contributed by atoms with Crippen molar-refractivity contribution in [1.29, 1.82) is 0 Å². The molecule has 8 nitrogen and oxygen atoms in total. The Morgan fingerprint density at radius 2 is 1.74 bits per heavy atom. The van der Waals surface area contributed by atoms with Crippen LogP contribution in [0.1, 0.15) is 47.3 Å². The van der Waals surface area contributed by atoms with Gasteiger partial charge in [-0.3, -0.25) is 9.59 Å². The SMILES string of the molecule is Cc1cc(C)c(Oc2nc(-c3cccc(OC(C)C)c3)ccc2C(=O)NS(=O)(=O)C2=CC=CCC2=O)c(C)c1. The number of carbonyl (C=O) groups excluding carboxylic acids is 2. The summed E-state index contributed by atoms with van der Waals surface area (Å²) in [6, 6.07) is 14.3. The highest BCUT2D eigenvalue weighted by atomic mass is 32.2. The van der Waals surface area contributed by atoms with E-state index in [2.05, 4.69) is 4.98 Å². The number of pyridine rings is 1. The van der Waals surface area contributed by atoms with Crippen LogP contribution < -0.4 is 14.2 Å². The number of hydrogen-bond acceptors (Lipinski definition) is 7. The van der Waals surface area contributed by atoms with Gasteiger partial charge in [-0.2, -0.15) is 0 Å². The van der Waals surface area contributed by atoms with Gasteiger partial charge in [-0.25, -0.2) is 18.1 Å². The number of carbonyl (C=O) groups is 2. The van der Waals surface area contributed by atoms with Gasteiger partial charge in [0.15, 0.2) is 5.78 Å². The summed E-state index contributed by atoms with van der Waals surface area (Å²) in [7, 11) is -4.41. The molecule has 0 aliphatic heterocycles. The summed E-state index contributed by atoms with van der Waals surface area (Å²) in [6.07, 6.45) is 4.10. The first-order chi connectivity index (χ1) is 18.4. The molecule has 0 radical (unpaired) electrons. The fourth-order valence-electron chi connectivity index (χ4n) is 4.27. The number of aromatic nitrogens is 1. The van der Waals surface area contributed by atoms with Crippen LogP contribution in [-0.2, 0) is 14.8 Å². The molecule has 0 fully saturated rings. The number of ketones is 1. The predicted octanol–water partition coefficient (Wildman–Crippen LogP) is 5.73.